The number of carbonyl (C=O) groups is 1. The minimum atomic E-state index is -0.387. The predicted octanol–water partition coefficient (Wildman–Crippen LogP) is 4.48. The molecule has 3 aromatic rings. The molecule has 1 atom stereocenters. The number of benzene rings is 2. The maximum Gasteiger partial charge on any atom is 0.262 e. The van der Waals surface area contributed by atoms with Gasteiger partial charge < -0.3 is 10.1 Å². The van der Waals surface area contributed by atoms with Crippen LogP contribution < -0.4 is 15.0 Å². The third-order valence-corrected chi connectivity index (χ3v) is 4.66. The van der Waals surface area contributed by atoms with Gasteiger partial charge in [-0.3, -0.25) is 14.7 Å². The molecular weight excluding hydrogens is 338 g/mol. The SMILES string of the molecule is COc1cccc(N2C(=O)c3cccnc3[C@H]2Nc2cc(C)cc(C)c2)c1. The second-order valence-corrected chi connectivity index (χ2v) is 6.74. The van der Waals surface area contributed by atoms with E-state index >= 15 is 0 Å². The molecule has 1 aromatic heterocycles. The Labute approximate surface area is 158 Å². The fourth-order valence-corrected chi connectivity index (χ4v) is 3.56. The summed E-state index contributed by atoms with van der Waals surface area (Å²) in [7, 11) is 1.62. The Kier molecular flexibility index (Phi) is 4.28. The van der Waals surface area contributed by atoms with Crippen LogP contribution in [0.4, 0.5) is 11.4 Å². The van der Waals surface area contributed by atoms with Crippen molar-refractivity contribution < 1.29 is 9.53 Å². The zero-order valence-electron chi connectivity index (χ0n) is 15.6. The summed E-state index contributed by atoms with van der Waals surface area (Å²) in [6.45, 7) is 4.12. The van der Waals surface area contributed by atoms with Gasteiger partial charge in [0.1, 0.15) is 5.75 Å². The van der Waals surface area contributed by atoms with E-state index in [-0.39, 0.29) is 12.1 Å². The largest absolute Gasteiger partial charge is 0.497 e. The van der Waals surface area contributed by atoms with Crippen LogP contribution in [0.3, 0.4) is 0 Å². The highest BCUT2D eigenvalue weighted by atomic mass is 16.5. The highest BCUT2D eigenvalue weighted by molar-refractivity contribution is 6.11. The second-order valence-electron chi connectivity index (χ2n) is 6.74. The number of methoxy groups -OCH3 is 1. The molecule has 0 fully saturated rings. The molecule has 1 aliphatic rings. The maximum atomic E-state index is 13.1. The van der Waals surface area contributed by atoms with Gasteiger partial charge in [0.05, 0.1) is 24.1 Å². The summed E-state index contributed by atoms with van der Waals surface area (Å²) >= 11 is 0. The van der Waals surface area contributed by atoms with Crippen molar-refractivity contribution in [3.63, 3.8) is 0 Å². The quantitative estimate of drug-likeness (QED) is 0.746. The number of carbonyl (C=O) groups excluding carboxylic acids is 1. The van der Waals surface area contributed by atoms with Crippen LogP contribution in [0.5, 0.6) is 5.75 Å². The van der Waals surface area contributed by atoms with E-state index in [0.29, 0.717) is 11.3 Å². The number of fused-ring (bicyclic) bond motifs is 1. The first-order valence-electron chi connectivity index (χ1n) is 8.84. The van der Waals surface area contributed by atoms with Gasteiger partial charge in [0.2, 0.25) is 0 Å². The zero-order chi connectivity index (χ0) is 19.0. The van der Waals surface area contributed by atoms with E-state index in [0.717, 1.165) is 28.2 Å². The summed E-state index contributed by atoms with van der Waals surface area (Å²) < 4.78 is 5.34. The maximum absolute atomic E-state index is 13.1. The van der Waals surface area contributed by atoms with Gasteiger partial charge in [-0.2, -0.15) is 0 Å². The minimum Gasteiger partial charge on any atom is -0.497 e. The first-order chi connectivity index (χ1) is 13.1. The van der Waals surface area contributed by atoms with Crippen LogP contribution in [0.1, 0.15) is 33.3 Å². The van der Waals surface area contributed by atoms with Crippen LogP contribution in [0.15, 0.2) is 60.8 Å². The fraction of sp³-hybridized carbons (Fsp3) is 0.182. The Morgan fingerprint density at radius 2 is 1.81 bits per heavy atom. The molecule has 0 bridgehead atoms. The van der Waals surface area contributed by atoms with Gasteiger partial charge in [-0.05, 0) is 61.4 Å². The van der Waals surface area contributed by atoms with Crippen LogP contribution >= 0.6 is 0 Å². The Bertz CT molecular complexity index is 996. The molecule has 2 aromatic carbocycles. The van der Waals surface area contributed by atoms with Crippen LogP contribution in [0, 0.1) is 13.8 Å². The van der Waals surface area contributed by atoms with Crippen LogP contribution in [-0.4, -0.2) is 18.0 Å². The second kappa shape index (κ2) is 6.76. The first kappa shape index (κ1) is 17.1. The van der Waals surface area contributed by atoms with E-state index in [1.165, 1.54) is 0 Å². The molecule has 136 valence electrons. The number of nitrogens with zero attached hydrogens (tertiary/aromatic N) is 2. The van der Waals surface area contributed by atoms with Crippen molar-refractivity contribution in [1.82, 2.24) is 4.98 Å². The minimum absolute atomic E-state index is 0.0757. The van der Waals surface area contributed by atoms with Crippen molar-refractivity contribution >= 4 is 17.3 Å². The van der Waals surface area contributed by atoms with E-state index in [1.54, 1.807) is 24.3 Å². The Morgan fingerprint density at radius 3 is 2.56 bits per heavy atom. The molecule has 0 radical (unpaired) electrons. The third-order valence-electron chi connectivity index (χ3n) is 4.66. The summed E-state index contributed by atoms with van der Waals surface area (Å²) in [6.07, 6.45) is 1.33. The molecule has 0 aliphatic carbocycles. The Balaban J connectivity index is 1.80. The van der Waals surface area contributed by atoms with Crippen LogP contribution in [0.25, 0.3) is 0 Å². The van der Waals surface area contributed by atoms with Gasteiger partial charge in [0.15, 0.2) is 6.17 Å². The molecule has 0 saturated carbocycles. The number of pyridine rings is 1. The number of aryl methyl sites for hydroxylation is 2. The molecule has 5 nitrogen and oxygen atoms in total. The van der Waals surface area contributed by atoms with E-state index in [2.05, 4.69) is 42.3 Å². The molecule has 0 unspecified atom stereocenters. The molecule has 1 aliphatic heterocycles. The molecule has 2 heterocycles. The summed E-state index contributed by atoms with van der Waals surface area (Å²) in [6, 6.07) is 17.4. The summed E-state index contributed by atoms with van der Waals surface area (Å²) in [5, 5.41) is 3.50. The van der Waals surface area contributed by atoms with E-state index < -0.39 is 0 Å². The average molecular weight is 359 g/mol. The number of amides is 1. The van der Waals surface area contributed by atoms with Crippen molar-refractivity contribution in [2.24, 2.45) is 0 Å². The van der Waals surface area contributed by atoms with Gasteiger partial charge in [-0.25, -0.2) is 0 Å². The van der Waals surface area contributed by atoms with Crippen molar-refractivity contribution in [3.8, 4) is 5.75 Å². The molecule has 5 heteroatoms. The molecule has 1 amide bonds. The standard InChI is InChI=1S/C22H21N3O2/c1-14-10-15(2)12-16(11-14)24-21-20-19(8-5-9-23-20)22(26)25(21)17-6-4-7-18(13-17)27-3/h4-13,21,24H,1-3H3/t21-/m0/s1. The molecular formula is C22H21N3O2. The molecule has 27 heavy (non-hydrogen) atoms. The molecule has 1 N–H and O–H groups in total. The molecule has 4 rings (SSSR count). The number of hydrogen-bond donors (Lipinski definition) is 1. The smallest absolute Gasteiger partial charge is 0.262 e. The molecule has 0 spiro atoms. The highest BCUT2D eigenvalue weighted by Gasteiger charge is 2.39. The van der Waals surface area contributed by atoms with Crippen LogP contribution in [0.2, 0.25) is 0 Å². The van der Waals surface area contributed by atoms with E-state index in [1.807, 2.05) is 30.3 Å². The number of ether oxygens (including phenoxy) is 1. The topological polar surface area (TPSA) is 54.5 Å². The lowest BCUT2D eigenvalue weighted by Crippen LogP contribution is -2.32. The van der Waals surface area contributed by atoms with E-state index in [9.17, 15) is 4.79 Å². The lowest BCUT2D eigenvalue weighted by molar-refractivity contribution is 0.0993. The van der Waals surface area contributed by atoms with Crippen molar-refractivity contribution in [1.29, 1.82) is 0 Å². The summed E-state index contributed by atoms with van der Waals surface area (Å²) in [4.78, 5) is 19.4. The first-order valence-corrected chi connectivity index (χ1v) is 8.84. The number of hydrogen-bond acceptors (Lipinski definition) is 4. The van der Waals surface area contributed by atoms with E-state index in [4.69, 9.17) is 4.74 Å². The van der Waals surface area contributed by atoms with Crippen molar-refractivity contribution in [2.45, 2.75) is 20.0 Å². The van der Waals surface area contributed by atoms with Gasteiger partial charge in [-0.15, -0.1) is 0 Å². The highest BCUT2D eigenvalue weighted by Crippen LogP contribution is 2.38. The number of anilines is 2. The predicted molar refractivity (Wildman–Crippen MR) is 106 cm³/mol. The Hall–Kier alpha value is -3.34. The van der Waals surface area contributed by atoms with Gasteiger partial charge in [-0.1, -0.05) is 12.1 Å². The number of nitrogens with one attached hydrogen (secondary N) is 1. The summed E-state index contributed by atoms with van der Waals surface area (Å²) in [5.41, 5.74) is 5.38. The van der Waals surface area contributed by atoms with Gasteiger partial charge in [0.25, 0.3) is 5.91 Å². The lowest BCUT2D eigenvalue weighted by atomic mass is 10.1. The van der Waals surface area contributed by atoms with Gasteiger partial charge >= 0.3 is 0 Å². The van der Waals surface area contributed by atoms with Crippen molar-refractivity contribution in [2.75, 3.05) is 17.3 Å². The zero-order valence-corrected chi connectivity index (χ0v) is 15.6. The monoisotopic (exact) mass is 359 g/mol. The lowest BCUT2D eigenvalue weighted by Gasteiger charge is -2.27. The normalized spacial score (nSPS) is 15.6. The van der Waals surface area contributed by atoms with Crippen LogP contribution in [-0.2, 0) is 0 Å². The summed E-state index contributed by atoms with van der Waals surface area (Å²) in [5.74, 6) is 0.627. The third kappa shape index (κ3) is 3.12. The number of aromatic nitrogens is 1. The average Bonchev–Trinajstić information content (AvgIpc) is 2.93. The van der Waals surface area contributed by atoms with Crippen molar-refractivity contribution in [3.05, 3.63) is 83.2 Å². The molecule has 0 saturated heterocycles. The fourth-order valence-electron chi connectivity index (χ4n) is 3.56. The number of rotatable bonds is 4. The Morgan fingerprint density at radius 1 is 1.04 bits per heavy atom. The van der Waals surface area contributed by atoms with Gasteiger partial charge in [0, 0.05) is 18.0 Å².